The van der Waals surface area contributed by atoms with Crippen LogP contribution >= 0.6 is 0 Å². The molecule has 0 aromatic heterocycles. The molecule has 1 amide bonds. The first-order valence-corrected chi connectivity index (χ1v) is 7.31. The largest absolute Gasteiger partial charge is 0.392 e. The van der Waals surface area contributed by atoms with Gasteiger partial charge >= 0.3 is 0 Å². The maximum Gasteiger partial charge on any atom is 0.234 e. The minimum atomic E-state index is -0.280. The van der Waals surface area contributed by atoms with Crippen LogP contribution in [0.5, 0.6) is 0 Å². The lowest BCUT2D eigenvalue weighted by atomic mass is 9.96. The molecule has 0 spiro atoms. The van der Waals surface area contributed by atoms with E-state index >= 15 is 0 Å². The molecule has 1 aliphatic heterocycles. The predicted octanol–water partition coefficient (Wildman–Crippen LogP) is 1.57. The Hall–Kier alpha value is -1.39. The summed E-state index contributed by atoms with van der Waals surface area (Å²) in [6, 6.07) is 10.1. The summed E-state index contributed by atoms with van der Waals surface area (Å²) >= 11 is 0. The van der Waals surface area contributed by atoms with Crippen molar-refractivity contribution in [1.82, 2.24) is 10.2 Å². The first kappa shape index (κ1) is 15.0. The molecule has 20 heavy (non-hydrogen) atoms. The summed E-state index contributed by atoms with van der Waals surface area (Å²) in [5.41, 5.74) is 1.14. The fourth-order valence-electron chi connectivity index (χ4n) is 2.67. The molecule has 1 saturated heterocycles. The van der Waals surface area contributed by atoms with E-state index in [4.69, 9.17) is 0 Å². The van der Waals surface area contributed by atoms with Gasteiger partial charge in [-0.3, -0.25) is 9.69 Å². The number of β-amino-alcohol motifs (C(OH)–C–C–N with tert-alkyl or cyclic N) is 1. The summed E-state index contributed by atoms with van der Waals surface area (Å²) in [7, 11) is 0. The lowest BCUT2D eigenvalue weighted by molar-refractivity contribution is -0.123. The van der Waals surface area contributed by atoms with E-state index in [0.717, 1.165) is 18.5 Å². The van der Waals surface area contributed by atoms with Gasteiger partial charge in [-0.05, 0) is 17.9 Å². The standard InChI is InChI=1S/C16H24N2O2/c1-12(2)16(13-6-4-3-5-7-13)17-15(20)11-18-9-8-14(19)10-18/h3-7,12,14,16,19H,8-11H2,1-2H3,(H,17,20)/t14-,16?/m0/s1. The third-order valence-corrected chi connectivity index (χ3v) is 3.76. The van der Waals surface area contributed by atoms with Gasteiger partial charge in [0.15, 0.2) is 0 Å². The topological polar surface area (TPSA) is 52.6 Å². The molecule has 2 rings (SSSR count). The van der Waals surface area contributed by atoms with Gasteiger partial charge in [-0.2, -0.15) is 0 Å². The highest BCUT2D eigenvalue weighted by Gasteiger charge is 2.24. The minimum Gasteiger partial charge on any atom is -0.392 e. The number of benzene rings is 1. The van der Waals surface area contributed by atoms with Crippen LogP contribution in [0, 0.1) is 5.92 Å². The molecule has 1 unspecified atom stereocenters. The van der Waals surface area contributed by atoms with Crippen LogP contribution in [0.1, 0.15) is 31.9 Å². The van der Waals surface area contributed by atoms with E-state index in [1.165, 1.54) is 0 Å². The second-order valence-electron chi connectivity index (χ2n) is 5.88. The normalized spacial score (nSPS) is 21.1. The third kappa shape index (κ3) is 4.05. The quantitative estimate of drug-likeness (QED) is 0.858. The van der Waals surface area contributed by atoms with E-state index in [0.29, 0.717) is 19.0 Å². The molecule has 1 fully saturated rings. The van der Waals surface area contributed by atoms with Gasteiger partial charge in [-0.25, -0.2) is 0 Å². The number of rotatable bonds is 5. The van der Waals surface area contributed by atoms with Crippen molar-refractivity contribution in [3.63, 3.8) is 0 Å². The number of nitrogens with one attached hydrogen (secondary N) is 1. The fourth-order valence-corrected chi connectivity index (χ4v) is 2.67. The third-order valence-electron chi connectivity index (χ3n) is 3.76. The van der Waals surface area contributed by atoms with Crippen molar-refractivity contribution in [3.8, 4) is 0 Å². The second-order valence-corrected chi connectivity index (χ2v) is 5.88. The molecule has 2 atom stereocenters. The molecule has 0 bridgehead atoms. The molecule has 2 N–H and O–H groups in total. The van der Waals surface area contributed by atoms with E-state index in [9.17, 15) is 9.90 Å². The monoisotopic (exact) mass is 276 g/mol. The fraction of sp³-hybridized carbons (Fsp3) is 0.562. The molecule has 1 aliphatic rings. The van der Waals surface area contributed by atoms with Crippen molar-refractivity contribution in [1.29, 1.82) is 0 Å². The van der Waals surface area contributed by atoms with Gasteiger partial charge in [-0.1, -0.05) is 44.2 Å². The minimum absolute atomic E-state index is 0.0293. The van der Waals surface area contributed by atoms with Crippen molar-refractivity contribution >= 4 is 5.91 Å². The Labute approximate surface area is 120 Å². The summed E-state index contributed by atoms with van der Waals surface area (Å²) in [6.45, 7) is 5.99. The van der Waals surface area contributed by atoms with Crippen LogP contribution in [0.4, 0.5) is 0 Å². The van der Waals surface area contributed by atoms with Gasteiger partial charge in [-0.15, -0.1) is 0 Å². The number of hydrogen-bond acceptors (Lipinski definition) is 3. The lowest BCUT2D eigenvalue weighted by Gasteiger charge is -2.24. The molecular formula is C16H24N2O2. The summed E-state index contributed by atoms with van der Waals surface area (Å²) in [4.78, 5) is 14.2. The molecule has 0 aliphatic carbocycles. The van der Waals surface area contributed by atoms with Crippen LogP contribution in [0.3, 0.4) is 0 Å². The Kier molecular flexibility index (Phi) is 5.15. The maximum absolute atomic E-state index is 12.2. The van der Waals surface area contributed by atoms with E-state index < -0.39 is 0 Å². The lowest BCUT2D eigenvalue weighted by Crippen LogP contribution is -2.39. The molecule has 0 saturated carbocycles. The van der Waals surface area contributed by atoms with E-state index in [1.807, 2.05) is 35.2 Å². The number of likely N-dealkylation sites (tertiary alicyclic amines) is 1. The highest BCUT2D eigenvalue weighted by molar-refractivity contribution is 5.78. The van der Waals surface area contributed by atoms with Gasteiger partial charge in [0.1, 0.15) is 0 Å². The summed E-state index contributed by atoms with van der Waals surface area (Å²) in [5, 5.41) is 12.6. The van der Waals surface area contributed by atoms with Gasteiger partial charge in [0.2, 0.25) is 5.91 Å². The molecule has 4 nitrogen and oxygen atoms in total. The van der Waals surface area contributed by atoms with Crippen LogP contribution in [0.25, 0.3) is 0 Å². The van der Waals surface area contributed by atoms with Crippen molar-refractivity contribution in [3.05, 3.63) is 35.9 Å². The highest BCUT2D eigenvalue weighted by atomic mass is 16.3. The molecule has 1 heterocycles. The number of carbonyl (C=O) groups is 1. The Bertz CT molecular complexity index is 433. The average Bonchev–Trinajstić information content (AvgIpc) is 2.82. The van der Waals surface area contributed by atoms with Gasteiger partial charge in [0.05, 0.1) is 18.7 Å². The Morgan fingerprint density at radius 1 is 1.40 bits per heavy atom. The molecular weight excluding hydrogens is 252 g/mol. The number of carbonyl (C=O) groups excluding carboxylic acids is 1. The molecule has 110 valence electrons. The Balaban J connectivity index is 1.93. The van der Waals surface area contributed by atoms with Crippen molar-refractivity contribution in [2.24, 2.45) is 5.92 Å². The maximum atomic E-state index is 12.2. The first-order chi connectivity index (χ1) is 9.56. The van der Waals surface area contributed by atoms with Crippen LogP contribution in [-0.4, -0.2) is 41.7 Å². The van der Waals surface area contributed by atoms with Crippen molar-refractivity contribution in [2.75, 3.05) is 19.6 Å². The van der Waals surface area contributed by atoms with Crippen molar-refractivity contribution < 1.29 is 9.90 Å². The first-order valence-electron chi connectivity index (χ1n) is 7.31. The van der Waals surface area contributed by atoms with Crippen molar-refractivity contribution in [2.45, 2.75) is 32.4 Å². The smallest absolute Gasteiger partial charge is 0.234 e. The Morgan fingerprint density at radius 3 is 2.65 bits per heavy atom. The summed E-state index contributed by atoms with van der Waals surface area (Å²) in [6.07, 6.45) is 0.484. The zero-order valence-electron chi connectivity index (χ0n) is 12.2. The number of amides is 1. The van der Waals surface area contributed by atoms with Crippen LogP contribution in [-0.2, 0) is 4.79 Å². The van der Waals surface area contributed by atoms with Gasteiger partial charge in [0, 0.05) is 13.1 Å². The zero-order chi connectivity index (χ0) is 14.5. The summed E-state index contributed by atoms with van der Waals surface area (Å²) < 4.78 is 0. The van der Waals surface area contributed by atoms with E-state index in [2.05, 4.69) is 19.2 Å². The number of aliphatic hydroxyl groups excluding tert-OH is 1. The number of aliphatic hydroxyl groups is 1. The molecule has 0 radical (unpaired) electrons. The molecule has 1 aromatic carbocycles. The van der Waals surface area contributed by atoms with Gasteiger partial charge < -0.3 is 10.4 Å². The van der Waals surface area contributed by atoms with Crippen LogP contribution < -0.4 is 5.32 Å². The average molecular weight is 276 g/mol. The predicted molar refractivity (Wildman–Crippen MR) is 79.2 cm³/mol. The Morgan fingerprint density at radius 2 is 2.10 bits per heavy atom. The number of hydrogen-bond donors (Lipinski definition) is 2. The van der Waals surface area contributed by atoms with Gasteiger partial charge in [0.25, 0.3) is 0 Å². The second kappa shape index (κ2) is 6.86. The SMILES string of the molecule is CC(C)C(NC(=O)CN1CC[C@H](O)C1)c1ccccc1. The molecule has 1 aromatic rings. The van der Waals surface area contributed by atoms with E-state index in [-0.39, 0.29) is 18.1 Å². The van der Waals surface area contributed by atoms with E-state index in [1.54, 1.807) is 0 Å². The molecule has 4 heteroatoms. The van der Waals surface area contributed by atoms with Crippen LogP contribution in [0.2, 0.25) is 0 Å². The van der Waals surface area contributed by atoms with Crippen LogP contribution in [0.15, 0.2) is 30.3 Å². The number of nitrogens with zero attached hydrogens (tertiary/aromatic N) is 1. The highest BCUT2D eigenvalue weighted by Crippen LogP contribution is 2.21. The zero-order valence-corrected chi connectivity index (χ0v) is 12.2. The summed E-state index contributed by atoms with van der Waals surface area (Å²) in [5.74, 6) is 0.368.